The molecule has 3 nitrogen and oxygen atoms in total. The topological polar surface area (TPSA) is 49.5 Å². The van der Waals surface area contributed by atoms with Gasteiger partial charge in [-0.2, -0.15) is 0 Å². The number of nitrogens with zero attached hydrogens (tertiary/aromatic N) is 1. The largest absolute Gasteiger partial charge is 0.396 e. The van der Waals surface area contributed by atoms with Crippen LogP contribution in [0.5, 0.6) is 0 Å². The van der Waals surface area contributed by atoms with E-state index in [0.29, 0.717) is 6.54 Å². The molecule has 0 unspecified atom stereocenters. The molecule has 96 valence electrons. The van der Waals surface area contributed by atoms with E-state index in [4.69, 9.17) is 10.8 Å². The first kappa shape index (κ1) is 13.9. The normalized spacial score (nSPS) is 10.5. The third-order valence-corrected chi connectivity index (χ3v) is 2.64. The Morgan fingerprint density at radius 3 is 2.59 bits per heavy atom. The molecule has 1 aromatic rings. The van der Waals surface area contributed by atoms with E-state index in [2.05, 4.69) is 4.90 Å². The Morgan fingerprint density at radius 2 is 1.94 bits per heavy atom. The fourth-order valence-electron chi connectivity index (χ4n) is 1.74. The predicted octanol–water partition coefficient (Wildman–Crippen LogP) is 1.75. The quantitative estimate of drug-likeness (QED) is 0.681. The molecule has 0 aliphatic rings. The van der Waals surface area contributed by atoms with E-state index < -0.39 is 0 Å². The van der Waals surface area contributed by atoms with Gasteiger partial charge in [0, 0.05) is 25.4 Å². The van der Waals surface area contributed by atoms with Crippen LogP contribution >= 0.6 is 0 Å². The summed E-state index contributed by atoms with van der Waals surface area (Å²) in [5.41, 5.74) is 6.38. The molecule has 3 N–H and O–H groups in total. The second-order valence-corrected chi connectivity index (χ2v) is 4.04. The molecule has 0 aliphatic heterocycles. The smallest absolute Gasteiger partial charge is 0.125 e. The summed E-state index contributed by atoms with van der Waals surface area (Å²) in [5, 5.41) is 8.77. The summed E-state index contributed by atoms with van der Waals surface area (Å²) in [6.07, 6.45) is 2.56. The standard InChI is InChI=1S/C13H21FN2O/c14-12-5-3-6-13(11-12)16(9-4-7-15)8-1-2-10-17/h3,5-6,11,17H,1-2,4,7-10,15H2. The highest BCUT2D eigenvalue weighted by Gasteiger charge is 2.06. The average Bonchev–Trinajstić information content (AvgIpc) is 2.33. The SMILES string of the molecule is NCCCN(CCCCO)c1cccc(F)c1. The molecule has 0 radical (unpaired) electrons. The number of anilines is 1. The highest BCUT2D eigenvalue weighted by molar-refractivity contribution is 5.46. The van der Waals surface area contributed by atoms with Gasteiger partial charge in [-0.05, 0) is 44.0 Å². The van der Waals surface area contributed by atoms with Gasteiger partial charge in [0.25, 0.3) is 0 Å². The second kappa shape index (κ2) is 8.03. The minimum Gasteiger partial charge on any atom is -0.396 e. The van der Waals surface area contributed by atoms with Crippen LogP contribution in [0.4, 0.5) is 10.1 Å². The van der Waals surface area contributed by atoms with Crippen LogP contribution in [-0.4, -0.2) is 31.3 Å². The summed E-state index contributed by atoms with van der Waals surface area (Å²) >= 11 is 0. The Balaban J connectivity index is 2.60. The minimum atomic E-state index is -0.220. The summed E-state index contributed by atoms with van der Waals surface area (Å²) < 4.78 is 13.1. The van der Waals surface area contributed by atoms with Crippen LogP contribution in [0, 0.1) is 5.82 Å². The van der Waals surface area contributed by atoms with Crippen molar-refractivity contribution < 1.29 is 9.50 Å². The van der Waals surface area contributed by atoms with Crippen LogP contribution in [0.2, 0.25) is 0 Å². The van der Waals surface area contributed by atoms with Crippen molar-refractivity contribution in [2.45, 2.75) is 19.3 Å². The lowest BCUT2D eigenvalue weighted by atomic mass is 10.2. The lowest BCUT2D eigenvalue weighted by molar-refractivity contribution is 0.285. The van der Waals surface area contributed by atoms with E-state index in [9.17, 15) is 4.39 Å². The molecule has 0 fully saturated rings. The van der Waals surface area contributed by atoms with Crippen molar-refractivity contribution in [2.75, 3.05) is 31.1 Å². The molecule has 0 atom stereocenters. The van der Waals surface area contributed by atoms with Crippen LogP contribution < -0.4 is 10.6 Å². The highest BCUT2D eigenvalue weighted by atomic mass is 19.1. The molecule has 0 amide bonds. The summed E-state index contributed by atoms with van der Waals surface area (Å²) in [6, 6.07) is 6.60. The van der Waals surface area contributed by atoms with E-state index in [0.717, 1.165) is 38.0 Å². The number of halogens is 1. The Labute approximate surface area is 102 Å². The molecule has 1 aromatic carbocycles. The fraction of sp³-hybridized carbons (Fsp3) is 0.538. The average molecular weight is 240 g/mol. The third kappa shape index (κ3) is 5.15. The lowest BCUT2D eigenvalue weighted by Crippen LogP contribution is -2.27. The maximum absolute atomic E-state index is 13.1. The van der Waals surface area contributed by atoms with E-state index in [-0.39, 0.29) is 12.4 Å². The van der Waals surface area contributed by atoms with E-state index in [1.807, 2.05) is 6.07 Å². The highest BCUT2D eigenvalue weighted by Crippen LogP contribution is 2.16. The molecule has 0 aliphatic carbocycles. The zero-order valence-electron chi connectivity index (χ0n) is 10.1. The van der Waals surface area contributed by atoms with Crippen molar-refractivity contribution in [2.24, 2.45) is 5.73 Å². The Bertz CT molecular complexity index is 320. The van der Waals surface area contributed by atoms with Crippen LogP contribution in [-0.2, 0) is 0 Å². The second-order valence-electron chi connectivity index (χ2n) is 4.04. The van der Waals surface area contributed by atoms with Crippen molar-refractivity contribution in [1.29, 1.82) is 0 Å². The first-order valence-corrected chi connectivity index (χ1v) is 6.09. The number of unbranched alkanes of at least 4 members (excludes halogenated alkanes) is 1. The Kier molecular flexibility index (Phi) is 6.58. The van der Waals surface area contributed by atoms with Gasteiger partial charge in [-0.25, -0.2) is 4.39 Å². The summed E-state index contributed by atoms with van der Waals surface area (Å²) in [5.74, 6) is -0.220. The maximum atomic E-state index is 13.1. The van der Waals surface area contributed by atoms with Gasteiger partial charge < -0.3 is 15.7 Å². The first-order chi connectivity index (χ1) is 8.27. The Morgan fingerprint density at radius 1 is 1.18 bits per heavy atom. The van der Waals surface area contributed by atoms with Gasteiger partial charge in [0.15, 0.2) is 0 Å². The Hall–Kier alpha value is -1.13. The molecule has 0 bridgehead atoms. The summed E-state index contributed by atoms with van der Waals surface area (Å²) in [4.78, 5) is 2.12. The molecule has 1 rings (SSSR count). The molecular formula is C13H21FN2O. The fourth-order valence-corrected chi connectivity index (χ4v) is 1.74. The van der Waals surface area contributed by atoms with Crippen molar-refractivity contribution in [3.63, 3.8) is 0 Å². The van der Waals surface area contributed by atoms with Crippen molar-refractivity contribution in [3.05, 3.63) is 30.1 Å². The van der Waals surface area contributed by atoms with Crippen LogP contribution in [0.3, 0.4) is 0 Å². The molecule has 4 heteroatoms. The van der Waals surface area contributed by atoms with Gasteiger partial charge >= 0.3 is 0 Å². The van der Waals surface area contributed by atoms with Crippen molar-refractivity contribution >= 4 is 5.69 Å². The maximum Gasteiger partial charge on any atom is 0.125 e. The van der Waals surface area contributed by atoms with Gasteiger partial charge in [-0.1, -0.05) is 6.07 Å². The molecule has 17 heavy (non-hydrogen) atoms. The van der Waals surface area contributed by atoms with Crippen molar-refractivity contribution in [1.82, 2.24) is 0 Å². The lowest BCUT2D eigenvalue weighted by Gasteiger charge is -2.24. The predicted molar refractivity (Wildman–Crippen MR) is 68.6 cm³/mol. The number of benzene rings is 1. The van der Waals surface area contributed by atoms with Gasteiger partial charge in [-0.15, -0.1) is 0 Å². The zero-order valence-corrected chi connectivity index (χ0v) is 10.1. The van der Waals surface area contributed by atoms with E-state index in [1.165, 1.54) is 12.1 Å². The number of aliphatic hydroxyl groups is 1. The van der Waals surface area contributed by atoms with Gasteiger partial charge in [0.05, 0.1) is 0 Å². The van der Waals surface area contributed by atoms with E-state index >= 15 is 0 Å². The third-order valence-electron chi connectivity index (χ3n) is 2.64. The molecule has 0 spiro atoms. The van der Waals surface area contributed by atoms with Crippen LogP contribution in [0.15, 0.2) is 24.3 Å². The number of rotatable bonds is 8. The van der Waals surface area contributed by atoms with Gasteiger partial charge in [0.1, 0.15) is 5.82 Å². The number of hydrogen-bond acceptors (Lipinski definition) is 3. The van der Waals surface area contributed by atoms with Gasteiger partial charge in [-0.3, -0.25) is 0 Å². The van der Waals surface area contributed by atoms with Crippen LogP contribution in [0.1, 0.15) is 19.3 Å². The van der Waals surface area contributed by atoms with Crippen LogP contribution in [0.25, 0.3) is 0 Å². The molecular weight excluding hydrogens is 219 g/mol. The van der Waals surface area contributed by atoms with Gasteiger partial charge in [0.2, 0.25) is 0 Å². The zero-order chi connectivity index (χ0) is 12.5. The number of hydrogen-bond donors (Lipinski definition) is 2. The monoisotopic (exact) mass is 240 g/mol. The minimum absolute atomic E-state index is 0.202. The number of nitrogens with two attached hydrogens (primary N) is 1. The molecule has 0 aromatic heterocycles. The van der Waals surface area contributed by atoms with E-state index in [1.54, 1.807) is 6.07 Å². The number of aliphatic hydroxyl groups excluding tert-OH is 1. The summed E-state index contributed by atoms with van der Waals surface area (Å²) in [7, 11) is 0. The summed E-state index contributed by atoms with van der Waals surface area (Å²) in [6.45, 7) is 2.48. The first-order valence-electron chi connectivity index (χ1n) is 6.09. The molecule has 0 saturated carbocycles. The molecule has 0 saturated heterocycles. The molecule has 0 heterocycles. The van der Waals surface area contributed by atoms with Crippen molar-refractivity contribution in [3.8, 4) is 0 Å².